The van der Waals surface area contributed by atoms with E-state index in [-0.39, 0.29) is 12.1 Å². The summed E-state index contributed by atoms with van der Waals surface area (Å²) in [7, 11) is 1.71. The first-order chi connectivity index (χ1) is 10.4. The molecule has 0 aromatic carbocycles. The second-order valence-corrected chi connectivity index (χ2v) is 5.66. The first-order valence-electron chi connectivity index (χ1n) is 6.55. The van der Waals surface area contributed by atoms with E-state index < -0.39 is 11.9 Å². The minimum Gasteiger partial charge on any atom is -0.481 e. The van der Waals surface area contributed by atoms with Crippen LogP contribution in [0.15, 0.2) is 39.9 Å². The summed E-state index contributed by atoms with van der Waals surface area (Å²) in [6.45, 7) is 1.87. The summed E-state index contributed by atoms with van der Waals surface area (Å²) in [5.74, 6) is -1.03. The van der Waals surface area contributed by atoms with Gasteiger partial charge in [-0.1, -0.05) is 13.0 Å². The van der Waals surface area contributed by atoms with Crippen LogP contribution in [0, 0.1) is 5.92 Å². The molecule has 2 aromatic heterocycles. The number of hydrogen-bond donors (Lipinski definition) is 1. The van der Waals surface area contributed by atoms with E-state index in [4.69, 9.17) is 5.11 Å². The molecule has 8 heteroatoms. The number of carbonyl (C=O) groups is 1. The maximum Gasteiger partial charge on any atom is 0.308 e. The van der Waals surface area contributed by atoms with E-state index in [0.29, 0.717) is 16.0 Å². The Balaban J connectivity index is 2.35. The van der Waals surface area contributed by atoms with E-state index in [2.05, 4.69) is 26.0 Å². The second-order valence-electron chi connectivity index (χ2n) is 4.87. The molecule has 0 fully saturated rings. The third kappa shape index (κ3) is 3.33. The van der Waals surface area contributed by atoms with Gasteiger partial charge in [0.2, 0.25) is 0 Å². The normalized spacial score (nSPS) is 12.0. The van der Waals surface area contributed by atoms with Gasteiger partial charge in [-0.05, 0) is 28.1 Å². The Morgan fingerprint density at radius 1 is 1.50 bits per heavy atom. The molecule has 1 N–H and O–H groups in total. The maximum absolute atomic E-state index is 12.4. The molecular weight excluding hydrogens is 352 g/mol. The number of anilines is 1. The number of carboxylic acid groups (broad SMARTS) is 1. The molecule has 0 saturated carbocycles. The van der Waals surface area contributed by atoms with Crippen LogP contribution < -0.4 is 10.5 Å². The summed E-state index contributed by atoms with van der Waals surface area (Å²) >= 11 is 3.27. The van der Waals surface area contributed by atoms with Gasteiger partial charge >= 0.3 is 5.97 Å². The molecule has 0 amide bonds. The predicted molar refractivity (Wildman–Crippen MR) is 85.4 cm³/mol. The molecule has 1 atom stereocenters. The van der Waals surface area contributed by atoms with Gasteiger partial charge in [0.15, 0.2) is 5.82 Å². The number of halogens is 1. The van der Waals surface area contributed by atoms with Crippen LogP contribution >= 0.6 is 15.9 Å². The van der Waals surface area contributed by atoms with Gasteiger partial charge in [0.05, 0.1) is 17.8 Å². The Kier molecular flexibility index (Phi) is 4.92. The molecule has 0 radical (unpaired) electrons. The predicted octanol–water partition coefficient (Wildman–Crippen LogP) is 1.55. The number of nitrogens with zero attached hydrogens (tertiary/aromatic N) is 4. The zero-order valence-electron chi connectivity index (χ0n) is 12.1. The van der Waals surface area contributed by atoms with Crippen LogP contribution in [0.3, 0.4) is 0 Å². The van der Waals surface area contributed by atoms with Gasteiger partial charge in [0.25, 0.3) is 5.56 Å². The van der Waals surface area contributed by atoms with Crippen molar-refractivity contribution in [2.75, 3.05) is 18.5 Å². The van der Waals surface area contributed by atoms with Crippen molar-refractivity contribution >= 4 is 27.6 Å². The third-order valence-corrected chi connectivity index (χ3v) is 3.89. The lowest BCUT2D eigenvalue weighted by Crippen LogP contribution is -2.31. The van der Waals surface area contributed by atoms with Crippen molar-refractivity contribution in [3.63, 3.8) is 0 Å². The van der Waals surface area contributed by atoms with E-state index >= 15 is 0 Å². The molecule has 2 rings (SSSR count). The molecule has 116 valence electrons. The third-order valence-electron chi connectivity index (χ3n) is 3.15. The summed E-state index contributed by atoms with van der Waals surface area (Å²) in [4.78, 5) is 29.1. The average molecular weight is 367 g/mol. The number of aromatic nitrogens is 3. The van der Waals surface area contributed by atoms with E-state index in [1.165, 1.54) is 10.9 Å². The molecule has 7 nitrogen and oxygen atoms in total. The fourth-order valence-electron chi connectivity index (χ4n) is 1.92. The molecule has 2 heterocycles. The van der Waals surface area contributed by atoms with Gasteiger partial charge in [-0.3, -0.25) is 9.59 Å². The molecule has 22 heavy (non-hydrogen) atoms. The Hall–Kier alpha value is -2.22. The summed E-state index contributed by atoms with van der Waals surface area (Å²) < 4.78 is 1.50. The minimum absolute atomic E-state index is 0.267. The van der Waals surface area contributed by atoms with Gasteiger partial charge in [-0.2, -0.15) is 9.78 Å². The highest BCUT2D eigenvalue weighted by molar-refractivity contribution is 9.10. The van der Waals surface area contributed by atoms with Crippen LogP contribution in [0.5, 0.6) is 0 Å². The first-order valence-corrected chi connectivity index (χ1v) is 7.34. The van der Waals surface area contributed by atoms with E-state index in [1.54, 1.807) is 43.3 Å². The van der Waals surface area contributed by atoms with Gasteiger partial charge < -0.3 is 10.0 Å². The van der Waals surface area contributed by atoms with Crippen LogP contribution in [0.1, 0.15) is 6.92 Å². The monoisotopic (exact) mass is 366 g/mol. The number of aliphatic carboxylic acids is 1. The summed E-state index contributed by atoms with van der Waals surface area (Å²) in [5.41, 5.74) is 0.177. The summed E-state index contributed by atoms with van der Waals surface area (Å²) in [5, 5.41) is 13.1. The van der Waals surface area contributed by atoms with Gasteiger partial charge in [0.1, 0.15) is 4.47 Å². The quantitative estimate of drug-likeness (QED) is 0.863. The lowest BCUT2D eigenvalue weighted by atomic mass is 10.2. The molecule has 0 aliphatic rings. The second kappa shape index (κ2) is 6.69. The molecule has 0 spiro atoms. The Morgan fingerprint density at radius 2 is 2.23 bits per heavy atom. The Bertz CT molecular complexity index is 733. The largest absolute Gasteiger partial charge is 0.481 e. The molecular formula is C14H15BrN4O3. The maximum atomic E-state index is 12.4. The van der Waals surface area contributed by atoms with Crippen molar-refractivity contribution < 1.29 is 9.90 Å². The summed E-state index contributed by atoms with van der Waals surface area (Å²) in [6.07, 6.45) is 3.08. The minimum atomic E-state index is -0.891. The van der Waals surface area contributed by atoms with Crippen molar-refractivity contribution in [2.24, 2.45) is 5.92 Å². The van der Waals surface area contributed by atoms with Crippen molar-refractivity contribution in [2.45, 2.75) is 6.92 Å². The topological polar surface area (TPSA) is 88.3 Å². The van der Waals surface area contributed by atoms with Gasteiger partial charge in [-0.25, -0.2) is 4.98 Å². The zero-order chi connectivity index (χ0) is 16.3. The van der Waals surface area contributed by atoms with Crippen molar-refractivity contribution in [3.8, 4) is 5.82 Å². The van der Waals surface area contributed by atoms with Crippen LogP contribution in [-0.4, -0.2) is 39.4 Å². The Labute approximate surface area is 135 Å². The van der Waals surface area contributed by atoms with Crippen LogP contribution in [0.4, 0.5) is 5.69 Å². The average Bonchev–Trinajstić information content (AvgIpc) is 2.50. The van der Waals surface area contributed by atoms with E-state index in [9.17, 15) is 9.59 Å². The van der Waals surface area contributed by atoms with Crippen molar-refractivity contribution in [1.82, 2.24) is 14.8 Å². The molecule has 0 aliphatic heterocycles. The summed E-state index contributed by atoms with van der Waals surface area (Å²) in [6, 6.07) is 5.19. The lowest BCUT2D eigenvalue weighted by molar-refractivity contribution is -0.140. The van der Waals surface area contributed by atoms with Crippen molar-refractivity contribution in [3.05, 3.63) is 45.4 Å². The van der Waals surface area contributed by atoms with Crippen LogP contribution in [-0.2, 0) is 4.79 Å². The fraction of sp³-hybridized carbons (Fsp3) is 0.286. The number of carboxylic acids is 1. The SMILES string of the molecule is CC(CN(C)c1cnn(-c2ccccn2)c(=O)c1Br)C(=O)O. The molecule has 0 saturated heterocycles. The number of rotatable bonds is 5. The molecule has 2 aromatic rings. The highest BCUT2D eigenvalue weighted by atomic mass is 79.9. The molecule has 0 bridgehead atoms. The standard InChI is InChI=1S/C14H15BrN4O3/c1-9(14(21)22)8-18(2)10-7-17-19(13(20)12(10)15)11-5-3-4-6-16-11/h3-7,9H,8H2,1-2H3,(H,21,22). The van der Waals surface area contributed by atoms with Crippen LogP contribution in [0.25, 0.3) is 5.82 Å². The van der Waals surface area contributed by atoms with E-state index in [0.717, 1.165) is 0 Å². The number of hydrogen-bond acceptors (Lipinski definition) is 5. The molecule has 0 aliphatic carbocycles. The smallest absolute Gasteiger partial charge is 0.308 e. The fourth-order valence-corrected chi connectivity index (χ4v) is 2.49. The Morgan fingerprint density at radius 3 is 2.82 bits per heavy atom. The highest BCUT2D eigenvalue weighted by Crippen LogP contribution is 2.21. The van der Waals surface area contributed by atoms with Gasteiger partial charge in [-0.15, -0.1) is 0 Å². The van der Waals surface area contributed by atoms with Gasteiger partial charge in [0, 0.05) is 19.8 Å². The highest BCUT2D eigenvalue weighted by Gasteiger charge is 2.18. The molecule has 1 unspecified atom stereocenters. The van der Waals surface area contributed by atoms with Crippen molar-refractivity contribution in [1.29, 1.82) is 0 Å². The first kappa shape index (κ1) is 16.2. The van der Waals surface area contributed by atoms with E-state index in [1.807, 2.05) is 0 Å². The lowest BCUT2D eigenvalue weighted by Gasteiger charge is -2.22. The van der Waals surface area contributed by atoms with Crippen LogP contribution in [0.2, 0.25) is 0 Å². The zero-order valence-corrected chi connectivity index (χ0v) is 13.7. The number of pyridine rings is 1.